The molecule has 0 aliphatic rings. The second kappa shape index (κ2) is 4.79. The number of hydrogen-bond donors (Lipinski definition) is 2. The van der Waals surface area contributed by atoms with Crippen LogP contribution in [0.25, 0.3) is 6.08 Å². The van der Waals surface area contributed by atoms with Crippen molar-refractivity contribution in [3.05, 3.63) is 34.6 Å². The Kier molecular flexibility index (Phi) is 3.68. The van der Waals surface area contributed by atoms with Crippen LogP contribution in [0.5, 0.6) is 5.75 Å². The highest BCUT2D eigenvalue weighted by Crippen LogP contribution is 2.26. The molecule has 0 aliphatic carbocycles. The molecule has 1 rings (SSSR count). The maximum Gasteiger partial charge on any atom is 0.221 e. The van der Waals surface area contributed by atoms with Gasteiger partial charge >= 0.3 is 0 Å². The third-order valence-corrected chi connectivity index (χ3v) is 1.89. The van der Waals surface area contributed by atoms with E-state index in [0.717, 1.165) is 6.07 Å². The summed E-state index contributed by atoms with van der Waals surface area (Å²) >= 11 is 5.59. The van der Waals surface area contributed by atoms with Crippen molar-refractivity contribution in [1.82, 2.24) is 0 Å². The molecule has 0 aliphatic heterocycles. The van der Waals surface area contributed by atoms with Crippen LogP contribution < -0.4 is 5.73 Å². The summed E-state index contributed by atoms with van der Waals surface area (Å²) in [7, 11) is 0. The van der Waals surface area contributed by atoms with Gasteiger partial charge in [-0.2, -0.15) is 0 Å². The summed E-state index contributed by atoms with van der Waals surface area (Å²) in [6, 6.07) is 2.39. The first-order chi connectivity index (χ1) is 7.00. The monoisotopic (exact) mass is 229 g/mol. The first kappa shape index (κ1) is 11.5. The van der Waals surface area contributed by atoms with Crippen molar-refractivity contribution in [2.24, 2.45) is 5.73 Å². The number of rotatable bonds is 3. The van der Waals surface area contributed by atoms with E-state index in [-0.39, 0.29) is 17.0 Å². The van der Waals surface area contributed by atoms with Gasteiger partial charge in [-0.1, -0.05) is 23.8 Å². The third-order valence-electron chi connectivity index (χ3n) is 1.67. The number of hydrogen-bond acceptors (Lipinski definition) is 2. The van der Waals surface area contributed by atoms with Gasteiger partial charge in [0.05, 0.1) is 0 Å². The van der Waals surface area contributed by atoms with Crippen LogP contribution >= 0.6 is 11.6 Å². The molecular formula is C10H9ClFNO2. The number of primary amides is 1. The van der Waals surface area contributed by atoms with E-state index in [0.29, 0.717) is 0 Å². The SMILES string of the molecule is NC(=O)CC=Cc1cc(Cl)cc(F)c1O. The van der Waals surface area contributed by atoms with Crippen molar-refractivity contribution in [3.63, 3.8) is 0 Å². The quantitative estimate of drug-likeness (QED) is 0.834. The summed E-state index contributed by atoms with van der Waals surface area (Å²) in [6.45, 7) is 0. The zero-order valence-corrected chi connectivity index (χ0v) is 8.46. The van der Waals surface area contributed by atoms with Gasteiger partial charge in [-0.05, 0) is 12.1 Å². The Balaban J connectivity index is 2.94. The van der Waals surface area contributed by atoms with Crippen LogP contribution in [-0.2, 0) is 4.79 Å². The van der Waals surface area contributed by atoms with Crippen molar-refractivity contribution >= 4 is 23.6 Å². The van der Waals surface area contributed by atoms with Crippen LogP contribution in [0.4, 0.5) is 4.39 Å². The molecule has 15 heavy (non-hydrogen) atoms. The topological polar surface area (TPSA) is 63.3 Å². The number of phenolic OH excluding ortho intramolecular Hbond substituents is 1. The Morgan fingerprint density at radius 1 is 1.60 bits per heavy atom. The predicted octanol–water partition coefficient (Wildman–Crippen LogP) is 2.07. The van der Waals surface area contributed by atoms with Crippen molar-refractivity contribution in [2.45, 2.75) is 6.42 Å². The molecule has 0 saturated carbocycles. The van der Waals surface area contributed by atoms with E-state index >= 15 is 0 Å². The van der Waals surface area contributed by atoms with E-state index in [9.17, 15) is 14.3 Å². The summed E-state index contributed by atoms with van der Waals surface area (Å²) in [4.78, 5) is 10.4. The fraction of sp³-hybridized carbons (Fsp3) is 0.100. The highest BCUT2D eigenvalue weighted by atomic mass is 35.5. The zero-order chi connectivity index (χ0) is 11.4. The zero-order valence-electron chi connectivity index (χ0n) is 7.71. The molecule has 3 nitrogen and oxygen atoms in total. The van der Waals surface area contributed by atoms with Crippen molar-refractivity contribution in [2.75, 3.05) is 0 Å². The molecule has 1 aromatic rings. The summed E-state index contributed by atoms with van der Waals surface area (Å²) in [5.41, 5.74) is 5.11. The van der Waals surface area contributed by atoms with Gasteiger partial charge in [0.2, 0.25) is 5.91 Å². The van der Waals surface area contributed by atoms with E-state index in [2.05, 4.69) is 0 Å². The Hall–Kier alpha value is -1.55. The molecule has 0 radical (unpaired) electrons. The molecule has 1 aromatic carbocycles. The Morgan fingerprint density at radius 2 is 2.27 bits per heavy atom. The summed E-state index contributed by atoms with van der Waals surface area (Å²) in [5.74, 6) is -1.81. The first-order valence-electron chi connectivity index (χ1n) is 4.13. The van der Waals surface area contributed by atoms with Crippen LogP contribution in [-0.4, -0.2) is 11.0 Å². The minimum absolute atomic E-state index is 0.0214. The molecule has 0 spiro atoms. The smallest absolute Gasteiger partial charge is 0.221 e. The molecule has 0 fully saturated rings. The number of nitrogens with two attached hydrogens (primary N) is 1. The van der Waals surface area contributed by atoms with Crippen molar-refractivity contribution in [3.8, 4) is 5.75 Å². The number of carbonyl (C=O) groups excluding carboxylic acids is 1. The molecule has 0 saturated heterocycles. The van der Waals surface area contributed by atoms with E-state index in [4.69, 9.17) is 17.3 Å². The largest absolute Gasteiger partial charge is 0.504 e. The molecule has 80 valence electrons. The minimum atomic E-state index is -0.804. The number of carbonyl (C=O) groups is 1. The van der Waals surface area contributed by atoms with Crippen molar-refractivity contribution < 1.29 is 14.3 Å². The summed E-state index contributed by atoms with van der Waals surface area (Å²) in [5, 5.41) is 9.46. The maximum absolute atomic E-state index is 13.0. The van der Waals surface area contributed by atoms with Crippen LogP contribution in [0.1, 0.15) is 12.0 Å². The predicted molar refractivity (Wildman–Crippen MR) is 55.9 cm³/mol. The van der Waals surface area contributed by atoms with E-state index < -0.39 is 17.5 Å². The standard InChI is InChI=1S/C10H9ClFNO2/c11-7-4-6(2-1-3-9(13)14)10(15)8(12)5-7/h1-2,4-5,15H,3H2,(H2,13,14). The Morgan fingerprint density at radius 3 is 2.87 bits per heavy atom. The molecule has 5 heteroatoms. The van der Waals surface area contributed by atoms with Gasteiger partial charge in [0.25, 0.3) is 0 Å². The van der Waals surface area contributed by atoms with Gasteiger partial charge in [-0.15, -0.1) is 0 Å². The lowest BCUT2D eigenvalue weighted by molar-refractivity contribution is -0.117. The fourth-order valence-corrected chi connectivity index (χ4v) is 1.23. The highest BCUT2D eigenvalue weighted by molar-refractivity contribution is 6.30. The van der Waals surface area contributed by atoms with E-state index in [1.165, 1.54) is 18.2 Å². The average Bonchev–Trinajstić information content (AvgIpc) is 2.12. The number of phenols is 1. The first-order valence-corrected chi connectivity index (χ1v) is 4.51. The number of aromatic hydroxyl groups is 1. The molecular weight excluding hydrogens is 221 g/mol. The lowest BCUT2D eigenvalue weighted by Crippen LogP contribution is -2.07. The molecule has 1 amide bonds. The van der Waals surface area contributed by atoms with Gasteiger partial charge in [0.1, 0.15) is 0 Å². The van der Waals surface area contributed by atoms with Gasteiger partial charge < -0.3 is 10.8 Å². The second-order valence-corrected chi connectivity index (χ2v) is 3.33. The normalized spacial score (nSPS) is 10.8. The number of amides is 1. The molecule has 0 atom stereocenters. The van der Waals surface area contributed by atoms with Crippen LogP contribution in [0.3, 0.4) is 0 Å². The van der Waals surface area contributed by atoms with E-state index in [1.54, 1.807) is 0 Å². The summed E-state index contributed by atoms with van der Waals surface area (Å²) < 4.78 is 13.0. The number of halogens is 2. The van der Waals surface area contributed by atoms with Gasteiger partial charge in [-0.3, -0.25) is 4.79 Å². The third kappa shape index (κ3) is 3.25. The number of benzene rings is 1. The molecule has 0 bridgehead atoms. The van der Waals surface area contributed by atoms with Gasteiger partial charge in [0.15, 0.2) is 11.6 Å². The lowest BCUT2D eigenvalue weighted by atomic mass is 10.1. The van der Waals surface area contributed by atoms with Crippen LogP contribution in [0.15, 0.2) is 18.2 Å². The van der Waals surface area contributed by atoms with Crippen molar-refractivity contribution in [1.29, 1.82) is 0 Å². The lowest BCUT2D eigenvalue weighted by Gasteiger charge is -2.01. The molecule has 0 aromatic heterocycles. The fourth-order valence-electron chi connectivity index (χ4n) is 1.01. The minimum Gasteiger partial charge on any atom is -0.504 e. The molecule has 0 heterocycles. The van der Waals surface area contributed by atoms with E-state index in [1.807, 2.05) is 0 Å². The molecule has 3 N–H and O–H groups in total. The van der Waals surface area contributed by atoms with Crippen LogP contribution in [0.2, 0.25) is 5.02 Å². The van der Waals surface area contributed by atoms with Crippen LogP contribution in [0, 0.1) is 5.82 Å². The highest BCUT2D eigenvalue weighted by Gasteiger charge is 2.06. The van der Waals surface area contributed by atoms with Gasteiger partial charge in [-0.25, -0.2) is 4.39 Å². The Bertz CT molecular complexity index is 418. The Labute approximate surface area is 91.0 Å². The average molecular weight is 230 g/mol. The molecule has 0 unspecified atom stereocenters. The second-order valence-electron chi connectivity index (χ2n) is 2.90. The van der Waals surface area contributed by atoms with Gasteiger partial charge in [0, 0.05) is 17.0 Å². The summed E-state index contributed by atoms with van der Waals surface area (Å²) in [6.07, 6.45) is 2.83. The maximum atomic E-state index is 13.0.